The summed E-state index contributed by atoms with van der Waals surface area (Å²) in [4.78, 5) is 12.4. The van der Waals surface area contributed by atoms with Crippen LogP contribution in [0.1, 0.15) is 42.3 Å². The molecule has 0 radical (unpaired) electrons. The lowest BCUT2D eigenvalue weighted by atomic mass is 9.95. The Hall–Kier alpha value is -4.15. The highest BCUT2D eigenvalue weighted by atomic mass is 16.6. The number of aromatic hydroxyl groups is 3. The molecule has 10 heteroatoms. The first-order valence-electron chi connectivity index (χ1n) is 12.0. The molecule has 0 aliphatic carbocycles. The highest BCUT2D eigenvalue weighted by Crippen LogP contribution is 2.43. The topological polar surface area (TPSA) is 155 Å². The molecule has 0 amide bonds. The van der Waals surface area contributed by atoms with Gasteiger partial charge in [0.1, 0.15) is 35.5 Å². The number of benzene rings is 3. The van der Waals surface area contributed by atoms with Crippen molar-refractivity contribution in [1.82, 2.24) is 0 Å². The van der Waals surface area contributed by atoms with Crippen LogP contribution in [0.2, 0.25) is 0 Å². The fraction of sp³-hybridized carbons (Fsp3) is 0.321. The molecule has 38 heavy (non-hydrogen) atoms. The molecule has 0 bridgehead atoms. The number of fused-ring (bicyclic) bond motifs is 2. The lowest BCUT2D eigenvalue weighted by molar-refractivity contribution is 0.0452. The molecule has 0 fully saturated rings. The monoisotopic (exact) mass is 530 g/mol. The number of carbonyl (C=O) groups excluding carboxylic acids is 1. The molecule has 2 aliphatic heterocycles. The summed E-state index contributed by atoms with van der Waals surface area (Å²) in [6.07, 6.45) is -0.904. The van der Waals surface area contributed by atoms with Crippen LogP contribution in [0.3, 0.4) is 0 Å². The number of ether oxygens (including phenoxy) is 4. The van der Waals surface area contributed by atoms with Gasteiger partial charge in [0.25, 0.3) is 0 Å². The van der Waals surface area contributed by atoms with Gasteiger partial charge in [-0.2, -0.15) is 0 Å². The molecule has 0 unspecified atom stereocenters. The SMILES string of the molecule is CC.CO.COc1ccccc1O.O=C1C[C@@H](c2ccc3c(c2)OC[C@@H](CO)O3)Oc2cc(O)cc(O)c21. The Morgan fingerprint density at radius 3 is 2.24 bits per heavy atom. The summed E-state index contributed by atoms with van der Waals surface area (Å²) in [5.74, 6) is 1.14. The van der Waals surface area contributed by atoms with Crippen molar-refractivity contribution in [3.63, 3.8) is 0 Å². The maximum atomic E-state index is 12.4. The van der Waals surface area contributed by atoms with E-state index in [1.165, 1.54) is 13.2 Å². The molecule has 0 spiro atoms. The van der Waals surface area contributed by atoms with Crippen LogP contribution in [0.15, 0.2) is 54.6 Å². The lowest BCUT2D eigenvalue weighted by Gasteiger charge is -2.28. The number of carbonyl (C=O) groups is 1. The van der Waals surface area contributed by atoms with Gasteiger partial charge in [0.15, 0.2) is 34.9 Å². The van der Waals surface area contributed by atoms with E-state index in [1.807, 2.05) is 13.8 Å². The molecule has 3 aromatic rings. The first-order valence-corrected chi connectivity index (χ1v) is 12.0. The minimum absolute atomic E-state index is 0.0598. The van der Waals surface area contributed by atoms with Crippen LogP contribution in [-0.4, -0.2) is 64.9 Å². The van der Waals surface area contributed by atoms with Crippen LogP contribution >= 0.6 is 0 Å². The Bertz CT molecular complexity index is 1190. The summed E-state index contributed by atoms with van der Waals surface area (Å²) < 4.78 is 21.8. The van der Waals surface area contributed by atoms with E-state index in [4.69, 9.17) is 34.3 Å². The van der Waals surface area contributed by atoms with E-state index < -0.39 is 12.2 Å². The van der Waals surface area contributed by atoms with Crippen molar-refractivity contribution in [1.29, 1.82) is 0 Å². The van der Waals surface area contributed by atoms with Crippen molar-refractivity contribution < 1.29 is 49.3 Å². The van der Waals surface area contributed by atoms with E-state index in [-0.39, 0.29) is 54.0 Å². The summed E-state index contributed by atoms with van der Waals surface area (Å²) in [7, 11) is 2.52. The number of para-hydroxylation sites is 2. The highest BCUT2D eigenvalue weighted by molar-refractivity contribution is 6.02. The van der Waals surface area contributed by atoms with Gasteiger partial charge < -0.3 is 44.5 Å². The Balaban J connectivity index is 0.000000328. The van der Waals surface area contributed by atoms with Gasteiger partial charge in [0.05, 0.1) is 20.1 Å². The minimum atomic E-state index is -0.564. The fourth-order valence-corrected chi connectivity index (χ4v) is 3.66. The summed E-state index contributed by atoms with van der Waals surface area (Å²) in [6, 6.07) is 14.5. The summed E-state index contributed by atoms with van der Waals surface area (Å²) in [6.45, 7) is 4.10. The maximum absolute atomic E-state index is 12.4. The van der Waals surface area contributed by atoms with Gasteiger partial charge in [-0.1, -0.05) is 32.0 Å². The van der Waals surface area contributed by atoms with Crippen molar-refractivity contribution in [3.05, 3.63) is 65.7 Å². The van der Waals surface area contributed by atoms with Gasteiger partial charge in [-0.05, 0) is 29.8 Å². The molecule has 2 heterocycles. The van der Waals surface area contributed by atoms with E-state index in [1.54, 1.807) is 42.5 Å². The quantitative estimate of drug-likeness (QED) is 0.336. The van der Waals surface area contributed by atoms with Crippen LogP contribution in [0.25, 0.3) is 0 Å². The highest BCUT2D eigenvalue weighted by Gasteiger charge is 2.32. The molecule has 0 saturated carbocycles. The van der Waals surface area contributed by atoms with E-state index in [2.05, 4.69) is 0 Å². The molecule has 10 nitrogen and oxygen atoms in total. The normalized spacial score (nSPS) is 16.5. The third-order valence-corrected chi connectivity index (χ3v) is 5.33. The van der Waals surface area contributed by atoms with Gasteiger partial charge in [0.2, 0.25) is 0 Å². The van der Waals surface area contributed by atoms with Gasteiger partial charge in [-0.25, -0.2) is 0 Å². The number of rotatable bonds is 3. The Morgan fingerprint density at radius 1 is 0.895 bits per heavy atom. The van der Waals surface area contributed by atoms with Gasteiger partial charge >= 0.3 is 0 Å². The zero-order valence-corrected chi connectivity index (χ0v) is 21.7. The van der Waals surface area contributed by atoms with Gasteiger partial charge in [-0.3, -0.25) is 4.79 Å². The Kier molecular flexibility index (Phi) is 11.5. The third kappa shape index (κ3) is 7.21. The summed E-state index contributed by atoms with van der Waals surface area (Å²) in [5, 5.41) is 44.6. The first kappa shape index (κ1) is 30.1. The number of methoxy groups -OCH3 is 1. The second kappa shape index (κ2) is 14.6. The third-order valence-electron chi connectivity index (χ3n) is 5.33. The maximum Gasteiger partial charge on any atom is 0.174 e. The van der Waals surface area contributed by atoms with Crippen molar-refractivity contribution in [2.75, 3.05) is 27.4 Å². The summed E-state index contributed by atoms with van der Waals surface area (Å²) >= 11 is 0. The Morgan fingerprint density at radius 2 is 1.61 bits per heavy atom. The number of Topliss-reactive ketones (excluding diaryl/α,β-unsaturated/α-hetero) is 1. The van der Waals surface area contributed by atoms with E-state index in [9.17, 15) is 15.0 Å². The molecule has 2 atom stereocenters. The average Bonchev–Trinajstić information content (AvgIpc) is 2.94. The second-order valence-corrected chi connectivity index (χ2v) is 7.68. The standard InChI is InChI=1S/C18H16O7.C7H8O2.C2H6.CH4O/c19-7-11-8-23-16-3-9(1-2-14(16)24-11)15-6-13(22)18-12(21)4-10(20)5-17(18)25-15;1-9-7-5-3-2-4-6(7)8;2*1-2/h1-5,11,15,19-21H,6-8H2;2-5,8H,1H3;1-2H3;2H,1H3/t11-,15+;;;/m1.../s1. The van der Waals surface area contributed by atoms with Crippen molar-refractivity contribution in [2.45, 2.75) is 32.5 Å². The van der Waals surface area contributed by atoms with Crippen molar-refractivity contribution >= 4 is 5.78 Å². The molecule has 5 N–H and O–H groups in total. The van der Waals surface area contributed by atoms with Crippen LogP contribution in [0.5, 0.6) is 40.2 Å². The molecule has 2 aliphatic rings. The lowest BCUT2D eigenvalue weighted by Crippen LogP contribution is -2.32. The van der Waals surface area contributed by atoms with Gasteiger partial charge in [0, 0.05) is 19.2 Å². The van der Waals surface area contributed by atoms with E-state index in [0.29, 0.717) is 22.8 Å². The minimum Gasteiger partial charge on any atom is -0.508 e. The first-order chi connectivity index (χ1) is 18.4. The predicted octanol–water partition coefficient (Wildman–Crippen LogP) is 3.97. The second-order valence-electron chi connectivity index (χ2n) is 7.68. The van der Waals surface area contributed by atoms with Crippen LogP contribution in [0.4, 0.5) is 0 Å². The number of aliphatic hydroxyl groups is 2. The number of hydrogen-bond donors (Lipinski definition) is 5. The number of phenols is 3. The molecular formula is C28H34O10. The van der Waals surface area contributed by atoms with E-state index >= 15 is 0 Å². The van der Waals surface area contributed by atoms with Crippen LogP contribution in [-0.2, 0) is 0 Å². The number of ketones is 1. The molecular weight excluding hydrogens is 496 g/mol. The summed E-state index contributed by atoms with van der Waals surface area (Å²) in [5.41, 5.74) is 0.795. The molecule has 3 aromatic carbocycles. The van der Waals surface area contributed by atoms with Crippen molar-refractivity contribution in [2.24, 2.45) is 0 Å². The smallest absolute Gasteiger partial charge is 0.174 e. The number of aliphatic hydroxyl groups excluding tert-OH is 2. The van der Waals surface area contributed by atoms with Gasteiger partial charge in [-0.15, -0.1) is 0 Å². The molecule has 206 valence electrons. The predicted molar refractivity (Wildman–Crippen MR) is 140 cm³/mol. The largest absolute Gasteiger partial charge is 0.508 e. The van der Waals surface area contributed by atoms with Crippen molar-refractivity contribution in [3.8, 4) is 40.2 Å². The zero-order chi connectivity index (χ0) is 28.2. The Labute approximate surface area is 221 Å². The van der Waals surface area contributed by atoms with Crippen LogP contribution < -0.4 is 18.9 Å². The molecule has 0 saturated heterocycles. The number of hydrogen-bond acceptors (Lipinski definition) is 10. The fourth-order valence-electron chi connectivity index (χ4n) is 3.66. The molecule has 0 aromatic heterocycles. The average molecular weight is 531 g/mol. The molecule has 5 rings (SSSR count). The number of phenolic OH excluding ortho intramolecular Hbond substituents is 3. The zero-order valence-electron chi connectivity index (χ0n) is 21.7. The van der Waals surface area contributed by atoms with Crippen LogP contribution in [0, 0.1) is 0 Å². The van der Waals surface area contributed by atoms with E-state index in [0.717, 1.165) is 13.2 Å².